The maximum atomic E-state index is 8.95. The Hall–Kier alpha value is -0.910. The monoisotopic (exact) mass is 241 g/mol. The first-order chi connectivity index (χ1) is 8.10. The summed E-state index contributed by atoms with van der Waals surface area (Å²) in [6.07, 6.45) is 0. The van der Waals surface area contributed by atoms with Gasteiger partial charge in [0.1, 0.15) is 0 Å². The maximum absolute atomic E-state index is 8.95. The average Bonchev–Trinajstić information content (AvgIpc) is 2.55. The molecule has 0 aliphatic heterocycles. The van der Waals surface area contributed by atoms with Gasteiger partial charge in [-0.1, -0.05) is 0 Å². The predicted molar refractivity (Wildman–Crippen MR) is 67.0 cm³/mol. The van der Waals surface area contributed by atoms with Crippen molar-refractivity contribution in [2.45, 2.75) is 26.9 Å². The van der Waals surface area contributed by atoms with E-state index in [4.69, 9.17) is 9.84 Å². The first-order valence-electron chi connectivity index (χ1n) is 5.91. The van der Waals surface area contributed by atoms with Gasteiger partial charge in [0.2, 0.25) is 0 Å². The van der Waals surface area contributed by atoms with Crippen molar-refractivity contribution in [1.29, 1.82) is 0 Å². The van der Waals surface area contributed by atoms with Gasteiger partial charge in [-0.2, -0.15) is 5.10 Å². The number of nitrogens with zero attached hydrogens (tertiary/aromatic N) is 3. The molecule has 17 heavy (non-hydrogen) atoms. The molecule has 1 aromatic rings. The molecule has 0 atom stereocenters. The number of hydrogen-bond acceptors (Lipinski definition) is 4. The van der Waals surface area contributed by atoms with Crippen LogP contribution in [0.25, 0.3) is 0 Å². The smallest absolute Gasteiger partial charge is 0.0644 e. The summed E-state index contributed by atoms with van der Waals surface area (Å²) in [5, 5.41) is 13.4. The number of hydrogen-bond donors (Lipinski definition) is 1. The molecule has 0 spiro atoms. The Morgan fingerprint density at radius 1 is 1.41 bits per heavy atom. The third kappa shape index (κ3) is 3.80. The minimum absolute atomic E-state index is 0.126. The molecule has 98 valence electrons. The largest absolute Gasteiger partial charge is 0.394 e. The minimum atomic E-state index is 0.126. The highest BCUT2D eigenvalue weighted by atomic mass is 16.5. The van der Waals surface area contributed by atoms with E-state index >= 15 is 0 Å². The molecule has 0 saturated heterocycles. The number of likely N-dealkylation sites (N-methyl/N-ethyl adjacent to an activating group) is 1. The third-order valence-corrected chi connectivity index (χ3v) is 2.95. The van der Waals surface area contributed by atoms with E-state index in [2.05, 4.69) is 24.0 Å². The van der Waals surface area contributed by atoms with Crippen molar-refractivity contribution in [3.63, 3.8) is 0 Å². The minimum Gasteiger partial charge on any atom is -0.394 e. The molecule has 1 rings (SSSR count). The maximum Gasteiger partial charge on any atom is 0.0644 e. The summed E-state index contributed by atoms with van der Waals surface area (Å²) in [6, 6.07) is 0. The Kier molecular flexibility index (Phi) is 5.61. The van der Waals surface area contributed by atoms with E-state index < -0.39 is 0 Å². The number of ether oxygens (including phenoxy) is 1. The molecule has 0 saturated carbocycles. The molecule has 0 amide bonds. The zero-order chi connectivity index (χ0) is 12.8. The van der Waals surface area contributed by atoms with Crippen LogP contribution in [-0.2, 0) is 17.8 Å². The lowest BCUT2D eigenvalue weighted by Crippen LogP contribution is -2.23. The van der Waals surface area contributed by atoms with Crippen LogP contribution in [0.15, 0.2) is 0 Å². The molecule has 0 bridgehead atoms. The second kappa shape index (κ2) is 6.74. The second-order valence-electron chi connectivity index (χ2n) is 4.33. The summed E-state index contributed by atoms with van der Waals surface area (Å²) in [6.45, 7) is 7.26. The third-order valence-electron chi connectivity index (χ3n) is 2.95. The molecule has 0 unspecified atom stereocenters. The van der Waals surface area contributed by atoms with Crippen LogP contribution in [0.4, 0.5) is 0 Å². The van der Waals surface area contributed by atoms with Gasteiger partial charge in [0.15, 0.2) is 0 Å². The van der Waals surface area contributed by atoms with E-state index in [0.717, 1.165) is 31.1 Å². The van der Waals surface area contributed by atoms with Crippen LogP contribution < -0.4 is 0 Å². The van der Waals surface area contributed by atoms with Gasteiger partial charge in [0.25, 0.3) is 0 Å². The molecule has 0 aliphatic carbocycles. The van der Waals surface area contributed by atoms with Crippen molar-refractivity contribution in [3.05, 3.63) is 17.0 Å². The van der Waals surface area contributed by atoms with Gasteiger partial charge in [-0.3, -0.25) is 9.58 Å². The van der Waals surface area contributed by atoms with Gasteiger partial charge >= 0.3 is 0 Å². The topological polar surface area (TPSA) is 50.5 Å². The Balaban J connectivity index is 2.69. The summed E-state index contributed by atoms with van der Waals surface area (Å²) in [5.74, 6) is 0. The van der Waals surface area contributed by atoms with Crippen LogP contribution in [0.2, 0.25) is 0 Å². The van der Waals surface area contributed by atoms with E-state index in [0.29, 0.717) is 6.54 Å². The van der Waals surface area contributed by atoms with Crippen LogP contribution in [-0.4, -0.2) is 53.7 Å². The summed E-state index contributed by atoms with van der Waals surface area (Å²) in [5.41, 5.74) is 3.43. The lowest BCUT2D eigenvalue weighted by Gasteiger charge is -2.16. The van der Waals surface area contributed by atoms with Crippen molar-refractivity contribution in [2.24, 2.45) is 0 Å². The lowest BCUT2D eigenvalue weighted by atomic mass is 10.2. The van der Waals surface area contributed by atoms with Gasteiger partial charge < -0.3 is 9.84 Å². The van der Waals surface area contributed by atoms with Crippen molar-refractivity contribution in [3.8, 4) is 0 Å². The highest BCUT2D eigenvalue weighted by Gasteiger charge is 2.12. The van der Waals surface area contributed by atoms with Gasteiger partial charge in [0, 0.05) is 31.5 Å². The predicted octanol–water partition coefficient (Wildman–Crippen LogP) is 0.570. The standard InChI is InChI=1S/C12H23N3O2/c1-10-12(9-14(3)6-8-17-4)11(2)15(13-10)5-7-16/h16H,5-9H2,1-4H3. The van der Waals surface area contributed by atoms with Crippen molar-refractivity contribution in [2.75, 3.05) is 33.9 Å². The van der Waals surface area contributed by atoms with E-state index in [1.54, 1.807) is 7.11 Å². The Morgan fingerprint density at radius 3 is 2.71 bits per heavy atom. The SMILES string of the molecule is COCCN(C)Cc1c(C)nn(CCO)c1C. The number of aryl methyl sites for hydroxylation is 1. The van der Waals surface area contributed by atoms with Crippen LogP contribution in [0.3, 0.4) is 0 Å². The Labute approximate surface area is 103 Å². The van der Waals surface area contributed by atoms with E-state index in [9.17, 15) is 0 Å². The fraction of sp³-hybridized carbons (Fsp3) is 0.750. The molecule has 1 aromatic heterocycles. The van der Waals surface area contributed by atoms with E-state index in [1.807, 2.05) is 11.6 Å². The molecule has 0 radical (unpaired) electrons. The molecule has 1 N–H and O–H groups in total. The zero-order valence-electron chi connectivity index (χ0n) is 11.2. The van der Waals surface area contributed by atoms with Crippen LogP contribution in [0, 0.1) is 13.8 Å². The molecule has 0 fully saturated rings. The highest BCUT2D eigenvalue weighted by molar-refractivity contribution is 5.24. The number of aliphatic hydroxyl groups excluding tert-OH is 1. The van der Waals surface area contributed by atoms with E-state index in [-0.39, 0.29) is 6.61 Å². The van der Waals surface area contributed by atoms with Gasteiger partial charge in [-0.15, -0.1) is 0 Å². The van der Waals surface area contributed by atoms with Crippen LogP contribution in [0.5, 0.6) is 0 Å². The lowest BCUT2D eigenvalue weighted by molar-refractivity contribution is 0.158. The molecule has 5 nitrogen and oxygen atoms in total. The second-order valence-corrected chi connectivity index (χ2v) is 4.33. The fourth-order valence-corrected chi connectivity index (χ4v) is 1.87. The van der Waals surface area contributed by atoms with Gasteiger partial charge in [-0.05, 0) is 20.9 Å². The molecule has 5 heteroatoms. The average molecular weight is 241 g/mol. The quantitative estimate of drug-likeness (QED) is 0.758. The van der Waals surface area contributed by atoms with Gasteiger partial charge in [0.05, 0.1) is 25.5 Å². The van der Waals surface area contributed by atoms with Crippen LogP contribution >= 0.6 is 0 Å². The normalized spacial score (nSPS) is 11.4. The number of rotatable bonds is 7. The fourth-order valence-electron chi connectivity index (χ4n) is 1.87. The van der Waals surface area contributed by atoms with E-state index in [1.165, 1.54) is 5.56 Å². The number of methoxy groups -OCH3 is 1. The Morgan fingerprint density at radius 2 is 2.12 bits per heavy atom. The molecule has 0 aliphatic rings. The molecular weight excluding hydrogens is 218 g/mol. The highest BCUT2D eigenvalue weighted by Crippen LogP contribution is 2.14. The molecular formula is C12H23N3O2. The number of aromatic nitrogens is 2. The van der Waals surface area contributed by atoms with Crippen molar-refractivity contribution >= 4 is 0 Å². The number of aliphatic hydroxyl groups is 1. The summed E-state index contributed by atoms with van der Waals surface area (Å²) in [7, 11) is 3.78. The summed E-state index contributed by atoms with van der Waals surface area (Å²) >= 11 is 0. The summed E-state index contributed by atoms with van der Waals surface area (Å²) in [4.78, 5) is 2.21. The van der Waals surface area contributed by atoms with Crippen molar-refractivity contribution in [1.82, 2.24) is 14.7 Å². The first-order valence-corrected chi connectivity index (χ1v) is 5.91. The van der Waals surface area contributed by atoms with Gasteiger partial charge in [-0.25, -0.2) is 0 Å². The summed E-state index contributed by atoms with van der Waals surface area (Å²) < 4.78 is 6.93. The first kappa shape index (κ1) is 14.2. The van der Waals surface area contributed by atoms with Crippen molar-refractivity contribution < 1.29 is 9.84 Å². The molecule has 0 aromatic carbocycles. The molecule has 1 heterocycles. The zero-order valence-corrected chi connectivity index (χ0v) is 11.2. The Bertz CT molecular complexity index is 350. The van der Waals surface area contributed by atoms with Crippen LogP contribution in [0.1, 0.15) is 17.0 Å².